The Morgan fingerprint density at radius 2 is 1.70 bits per heavy atom. The molecule has 1 aromatic heterocycles. The molecule has 0 aliphatic carbocycles. The van der Waals surface area contributed by atoms with Crippen molar-refractivity contribution in [2.45, 2.75) is 6.42 Å². The van der Waals surface area contributed by atoms with Crippen molar-refractivity contribution in [3.05, 3.63) is 77.9 Å². The molecule has 0 fully saturated rings. The molecule has 3 rings (SSSR count). The second kappa shape index (κ2) is 8.75. The van der Waals surface area contributed by atoms with Crippen molar-refractivity contribution in [3.8, 4) is 5.75 Å². The number of carbonyl (C=O) groups is 1. The number of carbonyl (C=O) groups excluding carboxylic acids is 1. The molecule has 138 valence electrons. The quantitative estimate of drug-likeness (QED) is 0.671. The first-order valence-corrected chi connectivity index (χ1v) is 8.40. The zero-order chi connectivity index (χ0) is 19.1. The van der Waals surface area contributed by atoms with Gasteiger partial charge in [0.05, 0.1) is 12.7 Å². The van der Waals surface area contributed by atoms with Gasteiger partial charge in [0.25, 0.3) is 5.91 Å². The van der Waals surface area contributed by atoms with Crippen LogP contribution < -0.4 is 15.4 Å². The highest BCUT2D eigenvalue weighted by atomic mass is 19.1. The third kappa shape index (κ3) is 5.24. The number of ether oxygens (including phenoxy) is 1. The van der Waals surface area contributed by atoms with Crippen LogP contribution in [-0.2, 0) is 6.42 Å². The molecule has 0 unspecified atom stereocenters. The maximum absolute atomic E-state index is 12.9. The van der Waals surface area contributed by atoms with E-state index in [0.29, 0.717) is 30.2 Å². The highest BCUT2D eigenvalue weighted by molar-refractivity contribution is 5.93. The number of methoxy groups -OCH3 is 1. The lowest BCUT2D eigenvalue weighted by Crippen LogP contribution is -2.26. The van der Waals surface area contributed by atoms with E-state index in [-0.39, 0.29) is 11.7 Å². The van der Waals surface area contributed by atoms with E-state index in [1.807, 2.05) is 24.3 Å². The molecule has 0 spiro atoms. The van der Waals surface area contributed by atoms with Crippen LogP contribution in [0.3, 0.4) is 0 Å². The first kappa shape index (κ1) is 18.3. The van der Waals surface area contributed by atoms with Gasteiger partial charge in [-0.15, -0.1) is 0 Å². The number of anilines is 2. The molecule has 0 aliphatic rings. The smallest absolute Gasteiger partial charge is 0.254 e. The van der Waals surface area contributed by atoms with Gasteiger partial charge in [-0.05, 0) is 48.4 Å². The van der Waals surface area contributed by atoms with Crippen molar-refractivity contribution in [2.24, 2.45) is 0 Å². The van der Waals surface area contributed by atoms with E-state index in [2.05, 4.69) is 20.6 Å². The fourth-order valence-corrected chi connectivity index (χ4v) is 2.39. The number of hydrogen-bond donors (Lipinski definition) is 2. The SMILES string of the molecule is COc1ccc(CCNC(=O)c2cnc(Nc3ccc(F)cc3)nc2)cc1. The van der Waals surface area contributed by atoms with Crippen LogP contribution in [0, 0.1) is 5.82 Å². The Kier molecular flexibility index (Phi) is 5.94. The second-order valence-electron chi connectivity index (χ2n) is 5.78. The van der Waals surface area contributed by atoms with Crippen molar-refractivity contribution in [1.29, 1.82) is 0 Å². The molecule has 0 radical (unpaired) electrons. The summed E-state index contributed by atoms with van der Waals surface area (Å²) in [5.41, 5.74) is 2.13. The predicted octanol–water partition coefficient (Wildman–Crippen LogP) is 3.34. The lowest BCUT2D eigenvalue weighted by atomic mass is 10.1. The Balaban J connectivity index is 1.50. The molecular formula is C20H19FN4O2. The van der Waals surface area contributed by atoms with Crippen LogP contribution >= 0.6 is 0 Å². The van der Waals surface area contributed by atoms with Gasteiger partial charge >= 0.3 is 0 Å². The Labute approximate surface area is 156 Å². The summed E-state index contributed by atoms with van der Waals surface area (Å²) in [6.45, 7) is 0.501. The molecular weight excluding hydrogens is 347 g/mol. The molecule has 0 saturated carbocycles. The first-order valence-electron chi connectivity index (χ1n) is 8.40. The number of hydrogen-bond acceptors (Lipinski definition) is 5. The summed E-state index contributed by atoms with van der Waals surface area (Å²) in [6.07, 6.45) is 3.60. The minimum atomic E-state index is -0.317. The largest absolute Gasteiger partial charge is 0.497 e. The zero-order valence-electron chi connectivity index (χ0n) is 14.8. The Bertz CT molecular complexity index is 881. The third-order valence-corrected chi connectivity index (χ3v) is 3.87. The molecule has 7 heteroatoms. The van der Waals surface area contributed by atoms with Crippen molar-refractivity contribution >= 4 is 17.5 Å². The molecule has 0 bridgehead atoms. The van der Waals surface area contributed by atoms with Crippen molar-refractivity contribution in [2.75, 3.05) is 19.0 Å². The number of nitrogens with zero attached hydrogens (tertiary/aromatic N) is 2. The van der Waals surface area contributed by atoms with E-state index < -0.39 is 0 Å². The molecule has 2 N–H and O–H groups in total. The number of rotatable bonds is 7. The van der Waals surface area contributed by atoms with Gasteiger partial charge in [0, 0.05) is 24.6 Å². The van der Waals surface area contributed by atoms with Crippen molar-refractivity contribution in [3.63, 3.8) is 0 Å². The topological polar surface area (TPSA) is 76.1 Å². The maximum Gasteiger partial charge on any atom is 0.254 e. The second-order valence-corrected chi connectivity index (χ2v) is 5.78. The Hall–Kier alpha value is -3.48. The van der Waals surface area contributed by atoms with Gasteiger partial charge in [-0.1, -0.05) is 12.1 Å². The fraction of sp³-hybridized carbons (Fsp3) is 0.150. The summed E-state index contributed by atoms with van der Waals surface area (Å²) < 4.78 is 18.0. The van der Waals surface area contributed by atoms with Crippen molar-refractivity contribution in [1.82, 2.24) is 15.3 Å². The zero-order valence-corrected chi connectivity index (χ0v) is 14.8. The molecule has 1 amide bonds. The lowest BCUT2D eigenvalue weighted by molar-refractivity contribution is 0.0953. The van der Waals surface area contributed by atoms with Gasteiger partial charge in [-0.25, -0.2) is 14.4 Å². The molecule has 27 heavy (non-hydrogen) atoms. The number of halogens is 1. The molecule has 2 aromatic carbocycles. The van der Waals surface area contributed by atoms with Crippen LogP contribution in [0.25, 0.3) is 0 Å². The Morgan fingerprint density at radius 3 is 2.33 bits per heavy atom. The molecule has 6 nitrogen and oxygen atoms in total. The van der Waals surface area contributed by atoms with Crippen LogP contribution in [0.5, 0.6) is 5.75 Å². The van der Waals surface area contributed by atoms with Gasteiger partial charge < -0.3 is 15.4 Å². The van der Waals surface area contributed by atoms with Crippen LogP contribution in [-0.4, -0.2) is 29.5 Å². The summed E-state index contributed by atoms with van der Waals surface area (Å²) in [5, 5.41) is 5.78. The van der Waals surface area contributed by atoms with Gasteiger partial charge in [-0.3, -0.25) is 4.79 Å². The molecule has 0 atom stereocenters. The van der Waals surface area contributed by atoms with E-state index >= 15 is 0 Å². The highest BCUT2D eigenvalue weighted by Crippen LogP contribution is 2.13. The number of benzene rings is 2. The van der Waals surface area contributed by atoms with Gasteiger partial charge in [0.1, 0.15) is 11.6 Å². The summed E-state index contributed by atoms with van der Waals surface area (Å²) in [5.74, 6) is 0.575. The normalized spacial score (nSPS) is 10.3. The minimum absolute atomic E-state index is 0.239. The molecule has 3 aromatic rings. The number of nitrogens with one attached hydrogen (secondary N) is 2. The average molecular weight is 366 g/mol. The van der Waals surface area contributed by atoms with Crippen LogP contribution in [0.4, 0.5) is 16.0 Å². The number of aromatic nitrogens is 2. The monoisotopic (exact) mass is 366 g/mol. The third-order valence-electron chi connectivity index (χ3n) is 3.87. The van der Waals surface area contributed by atoms with Crippen LogP contribution in [0.2, 0.25) is 0 Å². The maximum atomic E-state index is 12.9. The summed E-state index contributed by atoms with van der Waals surface area (Å²) in [6, 6.07) is 13.5. The molecule has 0 saturated heterocycles. The number of amides is 1. The van der Waals surface area contributed by atoms with E-state index in [1.54, 1.807) is 19.2 Å². The van der Waals surface area contributed by atoms with Gasteiger partial charge in [0.2, 0.25) is 5.95 Å². The van der Waals surface area contributed by atoms with Gasteiger partial charge in [-0.2, -0.15) is 0 Å². The van der Waals surface area contributed by atoms with Crippen molar-refractivity contribution < 1.29 is 13.9 Å². The standard InChI is InChI=1S/C20H19FN4O2/c1-27-18-8-2-14(3-9-18)10-11-22-19(26)15-12-23-20(24-13-15)25-17-6-4-16(21)5-7-17/h2-9,12-13H,10-11H2,1H3,(H,22,26)(H,23,24,25). The van der Waals surface area contributed by atoms with E-state index in [0.717, 1.165) is 11.3 Å². The van der Waals surface area contributed by atoms with E-state index in [1.165, 1.54) is 24.5 Å². The first-order chi connectivity index (χ1) is 13.1. The van der Waals surface area contributed by atoms with E-state index in [4.69, 9.17) is 4.74 Å². The molecule has 1 heterocycles. The lowest BCUT2D eigenvalue weighted by Gasteiger charge is -2.07. The fourth-order valence-electron chi connectivity index (χ4n) is 2.39. The summed E-state index contributed by atoms with van der Waals surface area (Å²) >= 11 is 0. The average Bonchev–Trinajstić information content (AvgIpc) is 2.71. The highest BCUT2D eigenvalue weighted by Gasteiger charge is 2.07. The minimum Gasteiger partial charge on any atom is -0.497 e. The van der Waals surface area contributed by atoms with Crippen LogP contribution in [0.1, 0.15) is 15.9 Å². The van der Waals surface area contributed by atoms with E-state index in [9.17, 15) is 9.18 Å². The molecule has 0 aliphatic heterocycles. The Morgan fingerprint density at radius 1 is 1.04 bits per heavy atom. The summed E-state index contributed by atoms with van der Waals surface area (Å²) in [4.78, 5) is 20.4. The predicted molar refractivity (Wildman–Crippen MR) is 101 cm³/mol. The van der Waals surface area contributed by atoms with Crippen LogP contribution in [0.15, 0.2) is 60.9 Å². The van der Waals surface area contributed by atoms with Gasteiger partial charge in [0.15, 0.2) is 0 Å². The summed E-state index contributed by atoms with van der Waals surface area (Å²) in [7, 11) is 1.62.